The van der Waals surface area contributed by atoms with Crippen molar-refractivity contribution in [3.05, 3.63) is 59.7 Å². The summed E-state index contributed by atoms with van der Waals surface area (Å²) >= 11 is 0. The predicted molar refractivity (Wildman–Crippen MR) is 107 cm³/mol. The van der Waals surface area contributed by atoms with Crippen LogP contribution in [0.1, 0.15) is 18.1 Å². The Balaban J connectivity index is 1.44. The smallest absolute Gasteiger partial charge is 0.331 e. The van der Waals surface area contributed by atoms with E-state index in [2.05, 4.69) is 0 Å². The molecule has 3 rings (SSSR count). The summed E-state index contributed by atoms with van der Waals surface area (Å²) in [6, 6.07) is 12.8. The van der Waals surface area contributed by atoms with Gasteiger partial charge in [0.25, 0.3) is 5.91 Å². The highest BCUT2D eigenvalue weighted by Gasteiger charge is 2.13. The van der Waals surface area contributed by atoms with Crippen molar-refractivity contribution in [2.45, 2.75) is 13.5 Å². The molecule has 0 aromatic heterocycles. The van der Waals surface area contributed by atoms with Crippen molar-refractivity contribution in [2.24, 2.45) is 0 Å². The summed E-state index contributed by atoms with van der Waals surface area (Å²) < 4.78 is 21.0. The average molecular weight is 397 g/mol. The lowest BCUT2D eigenvalue weighted by Crippen LogP contribution is -2.30. The van der Waals surface area contributed by atoms with Gasteiger partial charge in [0.2, 0.25) is 6.79 Å². The van der Waals surface area contributed by atoms with Gasteiger partial charge in [-0.2, -0.15) is 0 Å². The molecule has 1 aliphatic rings. The monoisotopic (exact) mass is 397 g/mol. The molecule has 29 heavy (non-hydrogen) atoms. The fourth-order valence-electron chi connectivity index (χ4n) is 2.69. The van der Waals surface area contributed by atoms with E-state index in [-0.39, 0.29) is 19.3 Å². The average Bonchev–Trinajstić information content (AvgIpc) is 3.20. The normalized spacial score (nSPS) is 12.1. The number of carbonyl (C=O) groups excluding carboxylic acids is 2. The van der Waals surface area contributed by atoms with Crippen molar-refractivity contribution in [1.29, 1.82) is 0 Å². The molecule has 0 fully saturated rings. The van der Waals surface area contributed by atoms with Gasteiger partial charge in [0, 0.05) is 19.7 Å². The van der Waals surface area contributed by atoms with E-state index >= 15 is 0 Å². The molecule has 0 atom stereocenters. The van der Waals surface area contributed by atoms with Gasteiger partial charge < -0.3 is 23.8 Å². The van der Waals surface area contributed by atoms with Gasteiger partial charge in [-0.3, -0.25) is 4.79 Å². The third-order valence-corrected chi connectivity index (χ3v) is 4.23. The molecular formula is C22H23NO6. The van der Waals surface area contributed by atoms with Crippen LogP contribution in [0.25, 0.3) is 6.08 Å². The summed E-state index contributed by atoms with van der Waals surface area (Å²) in [6.45, 7) is 2.81. The fraction of sp³-hybridized carbons (Fsp3) is 0.273. The van der Waals surface area contributed by atoms with E-state index in [0.717, 1.165) is 16.9 Å². The summed E-state index contributed by atoms with van der Waals surface area (Å²) in [7, 11) is 1.66. The number of fused-ring (bicyclic) bond motifs is 1. The summed E-state index contributed by atoms with van der Waals surface area (Å²) in [5.74, 6) is 1.21. The molecule has 0 spiro atoms. The molecule has 1 aliphatic heterocycles. The first kappa shape index (κ1) is 20.3. The number of ether oxygens (including phenoxy) is 4. The molecule has 0 unspecified atom stereocenters. The van der Waals surface area contributed by atoms with Crippen LogP contribution in [0.2, 0.25) is 0 Å². The Labute approximate surface area is 169 Å². The Bertz CT molecular complexity index is 891. The highest BCUT2D eigenvalue weighted by atomic mass is 16.7. The van der Waals surface area contributed by atoms with Crippen molar-refractivity contribution in [1.82, 2.24) is 4.90 Å². The van der Waals surface area contributed by atoms with Crippen LogP contribution in [-0.4, -0.2) is 43.8 Å². The van der Waals surface area contributed by atoms with Gasteiger partial charge in [-0.15, -0.1) is 0 Å². The van der Waals surface area contributed by atoms with Gasteiger partial charge in [-0.1, -0.05) is 18.2 Å². The van der Waals surface area contributed by atoms with Gasteiger partial charge in [-0.25, -0.2) is 4.79 Å². The van der Waals surface area contributed by atoms with Crippen LogP contribution in [0.3, 0.4) is 0 Å². The number of esters is 1. The molecule has 2 aromatic carbocycles. The van der Waals surface area contributed by atoms with Crippen LogP contribution in [0, 0.1) is 0 Å². The number of benzene rings is 2. The molecule has 7 heteroatoms. The van der Waals surface area contributed by atoms with Gasteiger partial charge in [0.05, 0.1) is 6.61 Å². The molecule has 0 bridgehead atoms. The van der Waals surface area contributed by atoms with E-state index < -0.39 is 5.97 Å². The number of carbonyl (C=O) groups is 2. The third-order valence-electron chi connectivity index (χ3n) is 4.23. The minimum absolute atomic E-state index is 0.191. The number of amides is 1. The quantitative estimate of drug-likeness (QED) is 0.504. The Morgan fingerprint density at radius 1 is 1.10 bits per heavy atom. The van der Waals surface area contributed by atoms with Crippen LogP contribution in [0.4, 0.5) is 0 Å². The molecule has 2 aromatic rings. The molecule has 0 saturated carbocycles. The first-order valence-electron chi connectivity index (χ1n) is 9.25. The standard InChI is InChI=1S/C22H23NO6/c1-3-26-18-8-4-17(5-9-18)13-23(2)21(24)14-27-22(25)11-7-16-6-10-19-20(12-16)29-15-28-19/h4-12H,3,13-15H2,1-2H3/b11-7+. The first-order valence-corrected chi connectivity index (χ1v) is 9.25. The lowest BCUT2D eigenvalue weighted by molar-refractivity contribution is -0.147. The Hall–Kier alpha value is -3.48. The Kier molecular flexibility index (Phi) is 6.73. The second-order valence-electron chi connectivity index (χ2n) is 6.38. The van der Waals surface area contributed by atoms with E-state index in [9.17, 15) is 9.59 Å². The molecule has 1 amide bonds. The summed E-state index contributed by atoms with van der Waals surface area (Å²) in [6.07, 6.45) is 2.87. The molecular weight excluding hydrogens is 374 g/mol. The maximum absolute atomic E-state index is 12.2. The van der Waals surface area contributed by atoms with Crippen LogP contribution in [0.5, 0.6) is 17.2 Å². The van der Waals surface area contributed by atoms with Crippen molar-refractivity contribution in [3.8, 4) is 17.2 Å². The zero-order valence-corrected chi connectivity index (χ0v) is 16.4. The van der Waals surface area contributed by atoms with Crippen molar-refractivity contribution < 1.29 is 28.5 Å². The Morgan fingerprint density at radius 2 is 1.86 bits per heavy atom. The van der Waals surface area contributed by atoms with E-state index in [4.69, 9.17) is 18.9 Å². The van der Waals surface area contributed by atoms with Crippen LogP contribution >= 0.6 is 0 Å². The van der Waals surface area contributed by atoms with Crippen LogP contribution in [-0.2, 0) is 20.9 Å². The number of hydrogen-bond donors (Lipinski definition) is 0. The van der Waals surface area contributed by atoms with Gasteiger partial charge in [0.15, 0.2) is 18.1 Å². The maximum Gasteiger partial charge on any atom is 0.331 e. The molecule has 0 aliphatic carbocycles. The van der Waals surface area contributed by atoms with Crippen LogP contribution in [0.15, 0.2) is 48.5 Å². The van der Waals surface area contributed by atoms with E-state index in [1.165, 1.54) is 11.0 Å². The Morgan fingerprint density at radius 3 is 2.62 bits per heavy atom. The zero-order valence-electron chi connectivity index (χ0n) is 16.4. The highest BCUT2D eigenvalue weighted by molar-refractivity contribution is 5.89. The second kappa shape index (κ2) is 9.64. The summed E-state index contributed by atoms with van der Waals surface area (Å²) in [4.78, 5) is 25.6. The van der Waals surface area contributed by atoms with Crippen molar-refractivity contribution in [2.75, 3.05) is 27.1 Å². The highest BCUT2D eigenvalue weighted by Crippen LogP contribution is 2.32. The fourth-order valence-corrected chi connectivity index (χ4v) is 2.69. The predicted octanol–water partition coefficient (Wildman–Crippen LogP) is 3.03. The topological polar surface area (TPSA) is 74.3 Å². The molecule has 1 heterocycles. The number of likely N-dealkylation sites (N-methyl/N-ethyl adjacent to an activating group) is 1. The molecule has 0 radical (unpaired) electrons. The number of nitrogens with zero attached hydrogens (tertiary/aromatic N) is 1. The van der Waals surface area contributed by atoms with E-state index in [1.807, 2.05) is 31.2 Å². The second-order valence-corrected chi connectivity index (χ2v) is 6.38. The maximum atomic E-state index is 12.2. The largest absolute Gasteiger partial charge is 0.494 e. The number of rotatable bonds is 8. The molecule has 0 N–H and O–H groups in total. The lowest BCUT2D eigenvalue weighted by Gasteiger charge is -2.17. The van der Waals surface area contributed by atoms with Crippen LogP contribution < -0.4 is 14.2 Å². The minimum Gasteiger partial charge on any atom is -0.494 e. The van der Waals surface area contributed by atoms with Gasteiger partial charge in [0.1, 0.15) is 5.75 Å². The number of hydrogen-bond acceptors (Lipinski definition) is 6. The lowest BCUT2D eigenvalue weighted by atomic mass is 10.2. The van der Waals surface area contributed by atoms with Crippen molar-refractivity contribution in [3.63, 3.8) is 0 Å². The van der Waals surface area contributed by atoms with Gasteiger partial charge in [-0.05, 0) is 48.4 Å². The summed E-state index contributed by atoms with van der Waals surface area (Å²) in [5.41, 5.74) is 1.73. The van der Waals surface area contributed by atoms with E-state index in [0.29, 0.717) is 24.7 Å². The van der Waals surface area contributed by atoms with E-state index in [1.54, 1.807) is 31.3 Å². The molecule has 7 nitrogen and oxygen atoms in total. The minimum atomic E-state index is -0.592. The SMILES string of the molecule is CCOc1ccc(CN(C)C(=O)COC(=O)/C=C/c2ccc3c(c2)OCO3)cc1. The molecule has 152 valence electrons. The zero-order chi connectivity index (χ0) is 20.6. The first-order chi connectivity index (χ1) is 14.0. The van der Waals surface area contributed by atoms with Gasteiger partial charge >= 0.3 is 5.97 Å². The summed E-state index contributed by atoms with van der Waals surface area (Å²) in [5, 5.41) is 0. The van der Waals surface area contributed by atoms with Crippen molar-refractivity contribution >= 4 is 18.0 Å². The molecule has 0 saturated heterocycles. The third kappa shape index (κ3) is 5.75.